The number of esters is 1. The first-order valence-corrected chi connectivity index (χ1v) is 6.08. The summed E-state index contributed by atoms with van der Waals surface area (Å²) < 4.78 is 4.88. The lowest BCUT2D eigenvalue weighted by atomic mass is 9.64. The molecular weight excluding hydrogens is 204 g/mol. The maximum atomic E-state index is 11.7. The van der Waals surface area contributed by atoms with Crippen LogP contribution in [0.4, 0.5) is 0 Å². The number of rotatable bonds is 4. The van der Waals surface area contributed by atoms with E-state index in [1.165, 1.54) is 7.11 Å². The molecule has 0 saturated heterocycles. The fraction of sp³-hybridized carbons (Fsp3) is 0.923. The van der Waals surface area contributed by atoms with E-state index < -0.39 is 0 Å². The van der Waals surface area contributed by atoms with Gasteiger partial charge in [0.15, 0.2) is 0 Å². The maximum Gasteiger partial charge on any atom is 0.309 e. The summed E-state index contributed by atoms with van der Waals surface area (Å²) in [6, 6.07) is 0. The molecule has 1 rings (SSSR count). The standard InChI is InChI=1S/C13H24O3/c1-12(2)10(11(15)16-4)6-8-13(12,3)7-5-9-14/h10,14H,5-9H2,1-4H3. The summed E-state index contributed by atoms with van der Waals surface area (Å²) >= 11 is 0. The fourth-order valence-corrected chi connectivity index (χ4v) is 3.04. The van der Waals surface area contributed by atoms with Gasteiger partial charge in [-0.2, -0.15) is 0 Å². The highest BCUT2D eigenvalue weighted by Gasteiger charge is 2.53. The van der Waals surface area contributed by atoms with E-state index in [1.54, 1.807) is 0 Å². The van der Waals surface area contributed by atoms with Crippen molar-refractivity contribution in [1.82, 2.24) is 0 Å². The van der Waals surface area contributed by atoms with Gasteiger partial charge < -0.3 is 9.84 Å². The summed E-state index contributed by atoms with van der Waals surface area (Å²) in [4.78, 5) is 11.7. The van der Waals surface area contributed by atoms with Gasteiger partial charge in [-0.15, -0.1) is 0 Å². The van der Waals surface area contributed by atoms with Crippen molar-refractivity contribution in [3.8, 4) is 0 Å². The molecule has 3 nitrogen and oxygen atoms in total. The van der Waals surface area contributed by atoms with E-state index in [9.17, 15) is 4.79 Å². The molecule has 0 heterocycles. The van der Waals surface area contributed by atoms with Crippen molar-refractivity contribution in [3.63, 3.8) is 0 Å². The molecule has 1 aliphatic carbocycles. The van der Waals surface area contributed by atoms with Crippen molar-refractivity contribution in [2.24, 2.45) is 16.7 Å². The minimum atomic E-state index is -0.0854. The Bertz CT molecular complexity index is 260. The molecule has 1 saturated carbocycles. The van der Waals surface area contributed by atoms with Crippen LogP contribution in [0.3, 0.4) is 0 Å². The molecule has 2 unspecified atom stereocenters. The fourth-order valence-electron chi connectivity index (χ4n) is 3.04. The van der Waals surface area contributed by atoms with Crippen LogP contribution < -0.4 is 0 Å². The number of hydrogen-bond acceptors (Lipinski definition) is 3. The second-order valence-electron chi connectivity index (χ2n) is 5.72. The monoisotopic (exact) mass is 228 g/mol. The number of methoxy groups -OCH3 is 1. The zero-order valence-corrected chi connectivity index (χ0v) is 10.9. The van der Waals surface area contributed by atoms with Crippen molar-refractivity contribution in [3.05, 3.63) is 0 Å². The molecule has 0 aromatic rings. The van der Waals surface area contributed by atoms with Crippen molar-refractivity contribution in [1.29, 1.82) is 0 Å². The molecule has 1 N–H and O–H groups in total. The highest BCUT2D eigenvalue weighted by molar-refractivity contribution is 5.73. The Kier molecular flexibility index (Phi) is 4.00. The first-order valence-electron chi connectivity index (χ1n) is 6.08. The molecule has 3 heteroatoms. The molecule has 1 aliphatic rings. The van der Waals surface area contributed by atoms with E-state index >= 15 is 0 Å². The first-order chi connectivity index (χ1) is 7.39. The molecule has 0 amide bonds. The van der Waals surface area contributed by atoms with Gasteiger partial charge in [0.1, 0.15) is 0 Å². The van der Waals surface area contributed by atoms with Crippen LogP contribution in [0.15, 0.2) is 0 Å². The lowest BCUT2D eigenvalue weighted by Gasteiger charge is -2.41. The molecule has 0 aliphatic heterocycles. The summed E-state index contributed by atoms with van der Waals surface area (Å²) in [5, 5.41) is 8.94. The minimum absolute atomic E-state index is 0.00110. The van der Waals surface area contributed by atoms with Gasteiger partial charge in [0.05, 0.1) is 13.0 Å². The summed E-state index contributed by atoms with van der Waals surface area (Å²) in [5.74, 6) is -0.0843. The Labute approximate surface area is 98.2 Å². The topological polar surface area (TPSA) is 46.5 Å². The van der Waals surface area contributed by atoms with E-state index in [2.05, 4.69) is 20.8 Å². The summed E-state index contributed by atoms with van der Waals surface area (Å²) in [5.41, 5.74) is 0.0872. The van der Waals surface area contributed by atoms with Gasteiger partial charge in [0.2, 0.25) is 0 Å². The van der Waals surface area contributed by atoms with E-state index in [0.29, 0.717) is 0 Å². The van der Waals surface area contributed by atoms with Crippen molar-refractivity contribution < 1.29 is 14.6 Å². The van der Waals surface area contributed by atoms with E-state index in [0.717, 1.165) is 25.7 Å². The first kappa shape index (κ1) is 13.5. The number of aliphatic hydroxyl groups is 1. The summed E-state index contributed by atoms with van der Waals surface area (Å²) in [6.07, 6.45) is 3.74. The van der Waals surface area contributed by atoms with Crippen LogP contribution in [0.5, 0.6) is 0 Å². The predicted molar refractivity (Wildman–Crippen MR) is 62.9 cm³/mol. The average Bonchev–Trinajstić information content (AvgIpc) is 2.47. The highest BCUT2D eigenvalue weighted by atomic mass is 16.5. The van der Waals surface area contributed by atoms with Gasteiger partial charge in [0.25, 0.3) is 0 Å². The van der Waals surface area contributed by atoms with Gasteiger partial charge >= 0.3 is 5.97 Å². The largest absolute Gasteiger partial charge is 0.469 e. The van der Waals surface area contributed by atoms with E-state index in [-0.39, 0.29) is 29.3 Å². The molecule has 0 aromatic carbocycles. The molecule has 1 fully saturated rings. The maximum absolute atomic E-state index is 11.7. The smallest absolute Gasteiger partial charge is 0.309 e. The third kappa shape index (κ3) is 2.10. The third-order valence-corrected chi connectivity index (χ3v) is 4.78. The number of hydrogen-bond donors (Lipinski definition) is 1. The SMILES string of the molecule is COC(=O)C1CCC(C)(CCCO)C1(C)C. The predicted octanol–water partition coefficient (Wildman–Crippen LogP) is 2.37. The molecular formula is C13H24O3. The molecule has 0 spiro atoms. The number of carbonyl (C=O) groups excluding carboxylic acids is 1. The van der Waals surface area contributed by atoms with Crippen LogP contribution in [0, 0.1) is 16.7 Å². The zero-order valence-electron chi connectivity index (χ0n) is 10.9. The normalized spacial score (nSPS) is 32.7. The molecule has 94 valence electrons. The molecule has 16 heavy (non-hydrogen) atoms. The Hall–Kier alpha value is -0.570. The molecule has 0 radical (unpaired) electrons. The number of carbonyl (C=O) groups is 1. The Balaban J connectivity index is 2.81. The zero-order chi connectivity index (χ0) is 12.4. The van der Waals surface area contributed by atoms with Crippen molar-refractivity contribution in [2.75, 3.05) is 13.7 Å². The lowest BCUT2D eigenvalue weighted by molar-refractivity contribution is -0.150. The van der Waals surface area contributed by atoms with Gasteiger partial charge in [-0.25, -0.2) is 0 Å². The number of ether oxygens (including phenoxy) is 1. The number of aliphatic hydroxyl groups excluding tert-OH is 1. The van der Waals surface area contributed by atoms with Crippen LogP contribution >= 0.6 is 0 Å². The average molecular weight is 228 g/mol. The lowest BCUT2D eigenvalue weighted by Crippen LogP contribution is -2.38. The Morgan fingerprint density at radius 2 is 2.06 bits per heavy atom. The van der Waals surface area contributed by atoms with Gasteiger partial charge in [-0.05, 0) is 36.5 Å². The highest BCUT2D eigenvalue weighted by Crippen LogP contribution is 2.58. The summed E-state index contributed by atoms with van der Waals surface area (Å²) in [7, 11) is 1.46. The second kappa shape index (κ2) is 4.74. The third-order valence-electron chi connectivity index (χ3n) is 4.78. The molecule has 2 atom stereocenters. The molecule has 0 bridgehead atoms. The van der Waals surface area contributed by atoms with Crippen LogP contribution in [0.1, 0.15) is 46.5 Å². The van der Waals surface area contributed by atoms with Crippen molar-refractivity contribution in [2.45, 2.75) is 46.5 Å². The van der Waals surface area contributed by atoms with E-state index in [4.69, 9.17) is 9.84 Å². The van der Waals surface area contributed by atoms with Crippen LogP contribution in [-0.4, -0.2) is 24.8 Å². The minimum Gasteiger partial charge on any atom is -0.469 e. The Morgan fingerprint density at radius 1 is 1.44 bits per heavy atom. The van der Waals surface area contributed by atoms with Crippen LogP contribution in [0.25, 0.3) is 0 Å². The van der Waals surface area contributed by atoms with Gasteiger partial charge in [0, 0.05) is 6.61 Å². The molecule has 0 aromatic heterocycles. The second-order valence-corrected chi connectivity index (χ2v) is 5.72. The van der Waals surface area contributed by atoms with Crippen LogP contribution in [0.2, 0.25) is 0 Å². The van der Waals surface area contributed by atoms with Crippen molar-refractivity contribution >= 4 is 5.97 Å². The quantitative estimate of drug-likeness (QED) is 0.751. The van der Waals surface area contributed by atoms with Gasteiger partial charge in [-0.1, -0.05) is 20.8 Å². The Morgan fingerprint density at radius 3 is 2.56 bits per heavy atom. The summed E-state index contributed by atoms with van der Waals surface area (Å²) in [6.45, 7) is 6.76. The van der Waals surface area contributed by atoms with Gasteiger partial charge in [-0.3, -0.25) is 4.79 Å². The van der Waals surface area contributed by atoms with E-state index in [1.807, 2.05) is 0 Å². The van der Waals surface area contributed by atoms with Crippen LogP contribution in [-0.2, 0) is 9.53 Å².